The van der Waals surface area contributed by atoms with Gasteiger partial charge in [0.05, 0.1) is 25.0 Å². The Balaban J connectivity index is 2.02. The molecule has 6 nitrogen and oxygen atoms in total. The zero-order valence-electron chi connectivity index (χ0n) is 11.5. The third-order valence-corrected chi connectivity index (χ3v) is 6.52. The van der Waals surface area contributed by atoms with Crippen LogP contribution in [0, 0.1) is 5.41 Å². The van der Waals surface area contributed by atoms with Gasteiger partial charge in [-0.15, -0.1) is 11.3 Å². The zero-order chi connectivity index (χ0) is 15.7. The predicted molar refractivity (Wildman–Crippen MR) is 77.1 cm³/mol. The number of carboxylic acid groups (broad SMARTS) is 1. The van der Waals surface area contributed by atoms with Crippen molar-refractivity contribution < 1.29 is 27.9 Å². The molecule has 0 radical (unpaired) electrons. The lowest BCUT2D eigenvalue weighted by Crippen LogP contribution is -2.22. The van der Waals surface area contributed by atoms with Crippen molar-refractivity contribution in [2.24, 2.45) is 5.41 Å². The van der Waals surface area contributed by atoms with Gasteiger partial charge in [0, 0.05) is 4.88 Å². The molecule has 0 spiro atoms. The second-order valence-corrected chi connectivity index (χ2v) is 8.59. The van der Waals surface area contributed by atoms with Crippen LogP contribution >= 0.6 is 11.3 Å². The lowest BCUT2D eigenvalue weighted by atomic mass is 10.1. The number of sulfone groups is 1. The summed E-state index contributed by atoms with van der Waals surface area (Å²) in [6.07, 6.45) is 1.52. The van der Waals surface area contributed by atoms with Gasteiger partial charge in [0.2, 0.25) is 0 Å². The third kappa shape index (κ3) is 4.28. The van der Waals surface area contributed by atoms with Crippen LogP contribution < -0.4 is 0 Å². The Morgan fingerprint density at radius 1 is 1.38 bits per heavy atom. The number of ether oxygens (including phenoxy) is 1. The highest BCUT2D eigenvalue weighted by Crippen LogP contribution is 2.50. The Morgan fingerprint density at radius 3 is 2.52 bits per heavy atom. The average Bonchev–Trinajstić information content (AvgIpc) is 2.94. The zero-order valence-corrected chi connectivity index (χ0v) is 13.1. The minimum atomic E-state index is -3.39. The van der Waals surface area contributed by atoms with E-state index in [4.69, 9.17) is 5.11 Å². The highest BCUT2D eigenvalue weighted by molar-refractivity contribution is 7.90. The molecule has 1 aliphatic carbocycles. The second kappa shape index (κ2) is 5.76. The largest absolute Gasteiger partial charge is 0.477 e. The van der Waals surface area contributed by atoms with Crippen molar-refractivity contribution in [3.05, 3.63) is 21.9 Å². The molecule has 1 heterocycles. The maximum Gasteiger partial charge on any atom is 0.345 e. The molecule has 1 fully saturated rings. The number of rotatable bonds is 7. The third-order valence-electron chi connectivity index (χ3n) is 3.46. The lowest BCUT2D eigenvalue weighted by Gasteiger charge is -2.13. The van der Waals surface area contributed by atoms with E-state index in [9.17, 15) is 18.0 Å². The summed E-state index contributed by atoms with van der Waals surface area (Å²) in [5, 5.41) is 8.83. The molecule has 21 heavy (non-hydrogen) atoms. The van der Waals surface area contributed by atoms with Gasteiger partial charge in [0.1, 0.15) is 4.88 Å². The van der Waals surface area contributed by atoms with E-state index in [1.807, 2.05) is 0 Å². The number of carboxylic acids is 1. The van der Waals surface area contributed by atoms with Crippen molar-refractivity contribution in [1.82, 2.24) is 0 Å². The first-order chi connectivity index (χ1) is 9.75. The fourth-order valence-electron chi connectivity index (χ4n) is 2.23. The van der Waals surface area contributed by atoms with Crippen LogP contribution in [0.2, 0.25) is 0 Å². The highest BCUT2D eigenvalue weighted by atomic mass is 32.2. The Morgan fingerprint density at radius 2 is 2.05 bits per heavy atom. The van der Waals surface area contributed by atoms with Crippen LogP contribution in [0.15, 0.2) is 12.1 Å². The lowest BCUT2D eigenvalue weighted by molar-refractivity contribution is -0.141. The smallest absolute Gasteiger partial charge is 0.345 e. The van der Waals surface area contributed by atoms with Crippen molar-refractivity contribution in [2.45, 2.75) is 25.0 Å². The molecule has 2 rings (SSSR count). The van der Waals surface area contributed by atoms with E-state index in [1.165, 1.54) is 19.2 Å². The maximum absolute atomic E-state index is 12.2. The molecule has 0 bridgehead atoms. The van der Waals surface area contributed by atoms with Gasteiger partial charge < -0.3 is 9.84 Å². The minimum absolute atomic E-state index is 0.0601. The Kier molecular flexibility index (Phi) is 4.38. The van der Waals surface area contributed by atoms with E-state index in [-0.39, 0.29) is 22.8 Å². The van der Waals surface area contributed by atoms with Crippen LogP contribution in [0.1, 0.15) is 33.8 Å². The van der Waals surface area contributed by atoms with Crippen molar-refractivity contribution >= 4 is 33.1 Å². The average molecular weight is 332 g/mol. The molecule has 1 saturated carbocycles. The molecule has 0 unspecified atom stereocenters. The Hall–Kier alpha value is -1.41. The van der Waals surface area contributed by atoms with Gasteiger partial charge >= 0.3 is 11.9 Å². The van der Waals surface area contributed by atoms with Gasteiger partial charge in [-0.25, -0.2) is 13.2 Å². The Bertz CT molecular complexity index is 654. The monoisotopic (exact) mass is 332 g/mol. The molecule has 1 aromatic heterocycles. The van der Waals surface area contributed by atoms with Gasteiger partial charge in [0.25, 0.3) is 0 Å². The number of aromatic carboxylic acids is 1. The van der Waals surface area contributed by atoms with E-state index in [0.717, 1.165) is 11.3 Å². The number of hydrogen-bond donors (Lipinski definition) is 1. The SMILES string of the molecule is COC(=O)CC1(CS(=O)(=O)Cc2ccc(C(=O)O)s2)CC1. The first kappa shape index (κ1) is 16.0. The quantitative estimate of drug-likeness (QED) is 0.763. The number of esters is 1. The van der Waals surface area contributed by atoms with Crippen molar-refractivity contribution in [1.29, 1.82) is 0 Å². The maximum atomic E-state index is 12.2. The van der Waals surface area contributed by atoms with Crippen LogP contribution in [-0.4, -0.2) is 38.3 Å². The molecule has 0 aliphatic heterocycles. The molecule has 0 amide bonds. The summed E-state index contributed by atoms with van der Waals surface area (Å²) in [5.74, 6) is -1.71. The topological polar surface area (TPSA) is 97.7 Å². The van der Waals surface area contributed by atoms with Crippen molar-refractivity contribution in [2.75, 3.05) is 12.9 Å². The van der Waals surface area contributed by atoms with Gasteiger partial charge in [0.15, 0.2) is 9.84 Å². The van der Waals surface area contributed by atoms with Crippen LogP contribution in [0.3, 0.4) is 0 Å². The molecule has 0 saturated heterocycles. The van der Waals surface area contributed by atoms with E-state index in [1.54, 1.807) is 0 Å². The summed E-state index contributed by atoms with van der Waals surface area (Å²) in [6, 6.07) is 2.92. The minimum Gasteiger partial charge on any atom is -0.477 e. The summed E-state index contributed by atoms with van der Waals surface area (Å²) >= 11 is 0.962. The van der Waals surface area contributed by atoms with Crippen LogP contribution in [0.5, 0.6) is 0 Å². The summed E-state index contributed by atoms with van der Waals surface area (Å²) in [7, 11) is -2.10. The molecular formula is C13H16O6S2. The van der Waals surface area contributed by atoms with Gasteiger partial charge in [-0.05, 0) is 30.4 Å². The summed E-state index contributed by atoms with van der Waals surface area (Å²) < 4.78 is 29.0. The van der Waals surface area contributed by atoms with Gasteiger partial charge in [-0.2, -0.15) is 0 Å². The van der Waals surface area contributed by atoms with E-state index < -0.39 is 27.2 Å². The van der Waals surface area contributed by atoms with Crippen molar-refractivity contribution in [3.63, 3.8) is 0 Å². The van der Waals surface area contributed by atoms with Crippen LogP contribution in [0.25, 0.3) is 0 Å². The van der Waals surface area contributed by atoms with E-state index >= 15 is 0 Å². The number of thiophene rings is 1. The summed E-state index contributed by atoms with van der Waals surface area (Å²) in [5.41, 5.74) is -0.487. The molecule has 1 aromatic rings. The van der Waals surface area contributed by atoms with Crippen molar-refractivity contribution in [3.8, 4) is 0 Å². The molecule has 0 atom stereocenters. The fraction of sp³-hybridized carbons (Fsp3) is 0.538. The molecule has 116 valence electrons. The van der Waals surface area contributed by atoms with E-state index in [2.05, 4.69) is 4.74 Å². The number of carbonyl (C=O) groups is 2. The molecule has 8 heteroatoms. The van der Waals surface area contributed by atoms with Gasteiger partial charge in [-0.1, -0.05) is 0 Å². The van der Waals surface area contributed by atoms with Gasteiger partial charge in [-0.3, -0.25) is 4.79 Å². The summed E-state index contributed by atoms with van der Waals surface area (Å²) in [6.45, 7) is 0. The highest BCUT2D eigenvalue weighted by Gasteiger charge is 2.47. The van der Waals surface area contributed by atoms with Crippen LogP contribution in [0.4, 0.5) is 0 Å². The number of carbonyl (C=O) groups excluding carboxylic acids is 1. The summed E-state index contributed by atoms with van der Waals surface area (Å²) in [4.78, 5) is 22.7. The number of hydrogen-bond acceptors (Lipinski definition) is 6. The molecular weight excluding hydrogens is 316 g/mol. The van der Waals surface area contributed by atoms with Crippen LogP contribution in [-0.2, 0) is 25.1 Å². The fourth-order valence-corrected chi connectivity index (χ4v) is 5.60. The Labute approximate surface area is 126 Å². The molecule has 1 aliphatic rings. The second-order valence-electron chi connectivity index (χ2n) is 5.36. The van der Waals surface area contributed by atoms with E-state index in [0.29, 0.717) is 17.7 Å². The first-order valence-corrected chi connectivity index (χ1v) is 8.98. The standard InChI is InChI=1S/C13H16O6S2/c1-19-11(14)6-13(4-5-13)8-21(17,18)7-9-2-3-10(20-9)12(15)16/h2-3H,4-8H2,1H3,(H,15,16). The molecule has 0 aromatic carbocycles. The first-order valence-electron chi connectivity index (χ1n) is 6.35. The normalized spacial score (nSPS) is 16.4. The molecule has 1 N–H and O–H groups in total. The predicted octanol–water partition coefficient (Wildman–Crippen LogP) is 1.70. The number of methoxy groups -OCH3 is 1.